The highest BCUT2D eigenvalue weighted by molar-refractivity contribution is 7.89. The van der Waals surface area contributed by atoms with Crippen LogP contribution in [0.15, 0.2) is 76.5 Å². The molecule has 1 aromatic heterocycles. The van der Waals surface area contributed by atoms with Crippen molar-refractivity contribution in [2.24, 2.45) is 4.99 Å². The molecular formula is C25H29N3O3S2. The van der Waals surface area contributed by atoms with Crippen molar-refractivity contribution in [2.45, 2.75) is 37.6 Å². The van der Waals surface area contributed by atoms with Gasteiger partial charge in [-0.1, -0.05) is 24.6 Å². The van der Waals surface area contributed by atoms with E-state index in [1.54, 1.807) is 27.8 Å². The maximum atomic E-state index is 13.0. The van der Waals surface area contributed by atoms with Gasteiger partial charge in [-0.2, -0.15) is 4.31 Å². The topological polar surface area (TPSA) is 63.9 Å². The van der Waals surface area contributed by atoms with E-state index in [4.69, 9.17) is 9.73 Å². The van der Waals surface area contributed by atoms with Crippen molar-refractivity contribution in [2.75, 3.05) is 19.7 Å². The number of hydrogen-bond donors (Lipinski definition) is 0. The second-order valence-corrected chi connectivity index (χ2v) is 10.6. The lowest BCUT2D eigenvalue weighted by molar-refractivity contribution is 0.340. The SMILES string of the molecule is C=CCn1c(-c2ccc(S(=O)(=O)N3CCCCC3)cc2)csc1=Nc1ccc(OCC)cc1. The highest BCUT2D eigenvalue weighted by atomic mass is 32.2. The molecule has 1 aliphatic heterocycles. The predicted molar refractivity (Wildman–Crippen MR) is 133 cm³/mol. The largest absolute Gasteiger partial charge is 0.494 e. The van der Waals surface area contributed by atoms with Crippen LogP contribution in [-0.2, 0) is 16.6 Å². The van der Waals surface area contributed by atoms with Crippen molar-refractivity contribution in [3.63, 3.8) is 0 Å². The van der Waals surface area contributed by atoms with Crippen LogP contribution in [0.5, 0.6) is 5.75 Å². The number of hydrogen-bond acceptors (Lipinski definition) is 5. The maximum Gasteiger partial charge on any atom is 0.243 e. The third kappa shape index (κ3) is 5.29. The Morgan fingerprint density at radius 2 is 1.76 bits per heavy atom. The minimum Gasteiger partial charge on any atom is -0.494 e. The third-order valence-corrected chi connectivity index (χ3v) is 8.36. The quantitative estimate of drug-likeness (QED) is 0.413. The summed E-state index contributed by atoms with van der Waals surface area (Å²) >= 11 is 1.54. The van der Waals surface area contributed by atoms with Crippen molar-refractivity contribution < 1.29 is 13.2 Å². The smallest absolute Gasteiger partial charge is 0.243 e. The molecule has 6 nitrogen and oxygen atoms in total. The first-order chi connectivity index (χ1) is 16.0. The van der Waals surface area contributed by atoms with Gasteiger partial charge in [0, 0.05) is 25.0 Å². The molecule has 33 heavy (non-hydrogen) atoms. The first-order valence-electron chi connectivity index (χ1n) is 11.2. The Morgan fingerprint density at radius 1 is 1.06 bits per heavy atom. The summed E-state index contributed by atoms with van der Waals surface area (Å²) in [5, 5.41) is 2.05. The summed E-state index contributed by atoms with van der Waals surface area (Å²) in [6.45, 7) is 8.28. The van der Waals surface area contributed by atoms with Crippen LogP contribution in [-0.4, -0.2) is 37.0 Å². The van der Waals surface area contributed by atoms with Gasteiger partial charge >= 0.3 is 0 Å². The molecule has 1 fully saturated rings. The lowest BCUT2D eigenvalue weighted by Gasteiger charge is -2.25. The summed E-state index contributed by atoms with van der Waals surface area (Å²) in [7, 11) is -3.44. The second-order valence-electron chi connectivity index (χ2n) is 7.83. The fourth-order valence-corrected chi connectivity index (χ4v) is 6.36. The van der Waals surface area contributed by atoms with E-state index in [1.165, 1.54) is 0 Å². The van der Waals surface area contributed by atoms with Gasteiger partial charge in [-0.3, -0.25) is 0 Å². The molecule has 3 aromatic rings. The third-order valence-electron chi connectivity index (χ3n) is 5.58. The Kier molecular flexibility index (Phi) is 7.47. The summed E-state index contributed by atoms with van der Waals surface area (Å²) in [5.74, 6) is 0.821. The van der Waals surface area contributed by atoms with Crippen LogP contribution in [0.4, 0.5) is 5.69 Å². The van der Waals surface area contributed by atoms with Crippen LogP contribution in [0, 0.1) is 0 Å². The number of sulfonamides is 1. The molecule has 0 amide bonds. The number of piperidine rings is 1. The molecule has 0 radical (unpaired) electrons. The molecule has 0 bridgehead atoms. The molecule has 0 saturated carbocycles. The van der Waals surface area contributed by atoms with Crippen LogP contribution in [0.1, 0.15) is 26.2 Å². The van der Waals surface area contributed by atoms with Gasteiger partial charge in [0.15, 0.2) is 4.80 Å². The molecule has 2 aromatic carbocycles. The summed E-state index contributed by atoms with van der Waals surface area (Å²) in [5.41, 5.74) is 2.76. The Morgan fingerprint density at radius 3 is 2.39 bits per heavy atom. The van der Waals surface area contributed by atoms with Gasteiger partial charge in [0.2, 0.25) is 10.0 Å². The summed E-state index contributed by atoms with van der Waals surface area (Å²) in [4.78, 5) is 5.99. The number of rotatable bonds is 8. The minimum atomic E-state index is -3.44. The molecule has 1 saturated heterocycles. The van der Waals surface area contributed by atoms with E-state index >= 15 is 0 Å². The molecule has 0 unspecified atom stereocenters. The Hall–Kier alpha value is -2.68. The molecular weight excluding hydrogens is 454 g/mol. The van der Waals surface area contributed by atoms with Gasteiger partial charge in [-0.25, -0.2) is 13.4 Å². The first-order valence-corrected chi connectivity index (χ1v) is 13.5. The lowest BCUT2D eigenvalue weighted by atomic mass is 10.2. The maximum absolute atomic E-state index is 13.0. The van der Waals surface area contributed by atoms with Crippen molar-refractivity contribution >= 4 is 27.0 Å². The molecule has 4 rings (SSSR count). The van der Waals surface area contributed by atoms with E-state index in [-0.39, 0.29) is 0 Å². The molecule has 0 spiro atoms. The fraction of sp³-hybridized carbons (Fsp3) is 0.320. The number of benzene rings is 2. The van der Waals surface area contributed by atoms with Gasteiger partial charge in [0.05, 0.1) is 22.9 Å². The molecule has 8 heteroatoms. The first kappa shape index (κ1) is 23.5. The van der Waals surface area contributed by atoms with Crippen LogP contribution >= 0.6 is 11.3 Å². The zero-order chi connectivity index (χ0) is 23.3. The van der Waals surface area contributed by atoms with Gasteiger partial charge in [0.1, 0.15) is 5.75 Å². The van der Waals surface area contributed by atoms with Gasteiger partial charge in [-0.15, -0.1) is 17.9 Å². The lowest BCUT2D eigenvalue weighted by Crippen LogP contribution is -2.35. The molecule has 0 atom stereocenters. The number of allylic oxidation sites excluding steroid dienone is 1. The average Bonchev–Trinajstić information content (AvgIpc) is 3.23. The van der Waals surface area contributed by atoms with Gasteiger partial charge in [0.25, 0.3) is 0 Å². The standard InChI is InChI=1S/C25H29N3O3S2/c1-3-16-28-24(19-32-25(28)26-21-10-12-22(13-11-21)31-4-2)20-8-14-23(15-9-20)33(29,30)27-17-6-5-7-18-27/h3,8-15,19H,1,4-7,16-18H2,2H3. The molecule has 2 heterocycles. The monoisotopic (exact) mass is 483 g/mol. The van der Waals surface area contributed by atoms with Crippen LogP contribution in [0.2, 0.25) is 0 Å². The average molecular weight is 484 g/mol. The van der Waals surface area contributed by atoms with Crippen LogP contribution < -0.4 is 9.54 Å². The second kappa shape index (κ2) is 10.5. The van der Waals surface area contributed by atoms with Crippen molar-refractivity contribution in [3.8, 4) is 17.0 Å². The van der Waals surface area contributed by atoms with Crippen molar-refractivity contribution in [1.29, 1.82) is 0 Å². The number of ether oxygens (including phenoxy) is 1. The summed E-state index contributed by atoms with van der Waals surface area (Å²) < 4.78 is 35.1. The van der Waals surface area contributed by atoms with E-state index in [2.05, 4.69) is 11.1 Å². The van der Waals surface area contributed by atoms with E-state index in [0.717, 1.165) is 46.8 Å². The minimum absolute atomic E-state index is 0.345. The number of aromatic nitrogens is 1. The Balaban J connectivity index is 1.64. The zero-order valence-corrected chi connectivity index (χ0v) is 20.4. The van der Waals surface area contributed by atoms with E-state index < -0.39 is 10.0 Å². The normalized spacial score (nSPS) is 15.5. The number of nitrogens with zero attached hydrogens (tertiary/aromatic N) is 3. The highest BCUT2D eigenvalue weighted by Gasteiger charge is 2.25. The Labute approximate surface area is 199 Å². The van der Waals surface area contributed by atoms with E-state index in [1.807, 2.05) is 54.8 Å². The summed E-state index contributed by atoms with van der Waals surface area (Å²) in [6, 6.07) is 14.9. The van der Waals surface area contributed by atoms with Crippen molar-refractivity contribution in [3.05, 3.63) is 71.4 Å². The fourth-order valence-electron chi connectivity index (χ4n) is 3.90. The molecule has 0 N–H and O–H groups in total. The Bertz CT molecular complexity index is 1250. The highest BCUT2D eigenvalue weighted by Crippen LogP contribution is 2.26. The number of thiazole rings is 1. The van der Waals surface area contributed by atoms with Crippen LogP contribution in [0.25, 0.3) is 11.3 Å². The van der Waals surface area contributed by atoms with Gasteiger partial charge in [-0.05, 0) is 61.7 Å². The zero-order valence-electron chi connectivity index (χ0n) is 18.8. The van der Waals surface area contributed by atoms with Crippen molar-refractivity contribution in [1.82, 2.24) is 8.87 Å². The molecule has 174 valence electrons. The van der Waals surface area contributed by atoms with E-state index in [0.29, 0.717) is 31.1 Å². The van der Waals surface area contributed by atoms with E-state index in [9.17, 15) is 8.42 Å². The van der Waals surface area contributed by atoms with Gasteiger partial charge < -0.3 is 9.30 Å². The van der Waals surface area contributed by atoms with Crippen LogP contribution in [0.3, 0.4) is 0 Å². The predicted octanol–water partition coefficient (Wildman–Crippen LogP) is 5.21. The molecule has 1 aliphatic rings. The summed E-state index contributed by atoms with van der Waals surface area (Å²) in [6.07, 6.45) is 4.78. The molecule has 0 aliphatic carbocycles.